The molecule has 1 aliphatic heterocycles. The highest BCUT2D eigenvalue weighted by atomic mass is 32.1. The molecule has 0 fully saturated rings. The number of benzene rings is 1. The molecule has 7 nitrogen and oxygen atoms in total. The van der Waals surface area contributed by atoms with E-state index in [2.05, 4.69) is 5.32 Å². The molecule has 2 amide bonds. The zero-order valence-corrected chi connectivity index (χ0v) is 17.0. The number of thiophene rings is 1. The van der Waals surface area contributed by atoms with Crippen LogP contribution in [0.15, 0.2) is 35.7 Å². The van der Waals surface area contributed by atoms with Crippen LogP contribution in [0.25, 0.3) is 0 Å². The molecular weight excluding hydrogens is 392 g/mol. The number of aliphatic carboxylic acids is 1. The van der Waals surface area contributed by atoms with Gasteiger partial charge in [0.15, 0.2) is 0 Å². The van der Waals surface area contributed by atoms with E-state index in [0.717, 1.165) is 29.0 Å². The quantitative estimate of drug-likeness (QED) is 0.689. The van der Waals surface area contributed by atoms with Gasteiger partial charge in [-0.15, -0.1) is 11.3 Å². The number of fused-ring (bicyclic) bond motifs is 1. The summed E-state index contributed by atoms with van der Waals surface area (Å²) >= 11 is 1.45. The summed E-state index contributed by atoms with van der Waals surface area (Å²) < 4.78 is 4.97. The second-order valence-corrected chi connectivity index (χ2v) is 7.97. The maximum atomic E-state index is 12.6. The Morgan fingerprint density at radius 1 is 1.28 bits per heavy atom. The Kier molecular flexibility index (Phi) is 7.00. The highest BCUT2D eigenvalue weighted by Crippen LogP contribution is 2.31. The van der Waals surface area contributed by atoms with Gasteiger partial charge in [-0.3, -0.25) is 14.4 Å². The highest BCUT2D eigenvalue weighted by molar-refractivity contribution is 7.10. The highest BCUT2D eigenvalue weighted by Gasteiger charge is 2.24. The lowest BCUT2D eigenvalue weighted by Crippen LogP contribution is -2.37. The van der Waals surface area contributed by atoms with Gasteiger partial charge in [-0.1, -0.05) is 12.1 Å². The molecule has 0 saturated heterocycles. The number of aryl methyl sites for hydroxylation is 1. The molecule has 0 radical (unpaired) electrons. The van der Waals surface area contributed by atoms with Crippen LogP contribution in [0.4, 0.5) is 11.4 Å². The lowest BCUT2D eigenvalue weighted by atomic mass is 9.98. The number of carbonyl (C=O) groups is 3. The largest absolute Gasteiger partial charge is 0.481 e. The molecule has 1 aromatic heterocycles. The number of carbonyl (C=O) groups excluding carboxylic acids is 2. The van der Waals surface area contributed by atoms with Crippen LogP contribution in [-0.4, -0.2) is 43.2 Å². The molecule has 0 unspecified atom stereocenters. The van der Waals surface area contributed by atoms with E-state index < -0.39 is 5.97 Å². The lowest BCUT2D eigenvalue weighted by molar-refractivity contribution is -0.137. The van der Waals surface area contributed by atoms with Gasteiger partial charge >= 0.3 is 5.97 Å². The molecule has 2 aromatic rings. The van der Waals surface area contributed by atoms with E-state index in [1.165, 1.54) is 18.4 Å². The maximum Gasteiger partial charge on any atom is 0.304 e. The summed E-state index contributed by atoms with van der Waals surface area (Å²) in [4.78, 5) is 38.7. The topological polar surface area (TPSA) is 95.9 Å². The molecule has 0 spiro atoms. The number of carboxylic acid groups (broad SMARTS) is 1. The third-order valence-corrected chi connectivity index (χ3v) is 5.89. The van der Waals surface area contributed by atoms with Crippen molar-refractivity contribution in [3.63, 3.8) is 0 Å². The van der Waals surface area contributed by atoms with Crippen LogP contribution in [0.1, 0.15) is 35.6 Å². The number of anilines is 2. The number of rotatable bonds is 8. The Labute approximate surface area is 173 Å². The number of nitrogens with zero attached hydrogens (tertiary/aromatic N) is 1. The predicted molar refractivity (Wildman–Crippen MR) is 112 cm³/mol. The summed E-state index contributed by atoms with van der Waals surface area (Å²) in [5, 5.41) is 13.9. The molecule has 29 heavy (non-hydrogen) atoms. The van der Waals surface area contributed by atoms with Crippen LogP contribution in [0.5, 0.6) is 0 Å². The Balaban J connectivity index is 1.73. The number of amides is 2. The van der Waals surface area contributed by atoms with Crippen molar-refractivity contribution in [3.05, 3.63) is 46.2 Å². The van der Waals surface area contributed by atoms with Crippen molar-refractivity contribution in [2.45, 2.75) is 31.6 Å². The van der Waals surface area contributed by atoms with Crippen molar-refractivity contribution in [2.24, 2.45) is 0 Å². The van der Waals surface area contributed by atoms with Crippen molar-refractivity contribution in [3.8, 4) is 0 Å². The molecule has 0 saturated carbocycles. The van der Waals surface area contributed by atoms with Gasteiger partial charge in [0.2, 0.25) is 5.91 Å². The second kappa shape index (κ2) is 9.67. The Morgan fingerprint density at radius 3 is 2.79 bits per heavy atom. The summed E-state index contributed by atoms with van der Waals surface area (Å²) in [6.07, 6.45) is 1.73. The predicted octanol–water partition coefficient (Wildman–Crippen LogP) is 3.26. The first kappa shape index (κ1) is 21.0. The third kappa shape index (κ3) is 5.42. The van der Waals surface area contributed by atoms with Gasteiger partial charge in [-0.25, -0.2) is 0 Å². The van der Waals surface area contributed by atoms with E-state index in [0.29, 0.717) is 12.2 Å². The van der Waals surface area contributed by atoms with Gasteiger partial charge in [-0.05, 0) is 42.0 Å². The second-order valence-electron chi connectivity index (χ2n) is 6.99. The van der Waals surface area contributed by atoms with E-state index in [1.54, 1.807) is 11.0 Å². The van der Waals surface area contributed by atoms with Crippen molar-refractivity contribution < 1.29 is 24.2 Å². The molecule has 2 heterocycles. The fraction of sp³-hybridized carbons (Fsp3) is 0.381. The number of carboxylic acids is 1. The number of methoxy groups -OCH3 is 1. The average molecular weight is 416 g/mol. The lowest BCUT2D eigenvalue weighted by Gasteiger charge is -2.30. The number of nitrogens with one attached hydrogen (secondary N) is 1. The van der Waals surface area contributed by atoms with Crippen molar-refractivity contribution in [2.75, 3.05) is 30.5 Å². The summed E-state index contributed by atoms with van der Waals surface area (Å²) in [6, 6.07) is 9.24. The summed E-state index contributed by atoms with van der Waals surface area (Å²) in [5.74, 6) is -1.67. The van der Waals surface area contributed by atoms with Gasteiger partial charge in [-0.2, -0.15) is 0 Å². The molecule has 154 valence electrons. The fourth-order valence-electron chi connectivity index (χ4n) is 3.56. The Morgan fingerprint density at radius 2 is 2.10 bits per heavy atom. The molecule has 1 aromatic carbocycles. The zero-order chi connectivity index (χ0) is 20.8. The normalized spacial score (nSPS) is 14.2. The van der Waals surface area contributed by atoms with E-state index in [4.69, 9.17) is 9.84 Å². The smallest absolute Gasteiger partial charge is 0.304 e. The molecule has 1 atom stereocenters. The number of hydrogen-bond donors (Lipinski definition) is 2. The minimum Gasteiger partial charge on any atom is -0.481 e. The van der Waals surface area contributed by atoms with Crippen LogP contribution < -0.4 is 10.2 Å². The van der Waals surface area contributed by atoms with E-state index in [1.807, 2.05) is 29.6 Å². The van der Waals surface area contributed by atoms with E-state index >= 15 is 0 Å². The summed E-state index contributed by atoms with van der Waals surface area (Å²) in [5.41, 5.74) is 2.43. The first-order valence-electron chi connectivity index (χ1n) is 9.45. The number of ether oxygens (including phenoxy) is 1. The maximum absolute atomic E-state index is 12.6. The molecule has 1 aliphatic rings. The summed E-state index contributed by atoms with van der Waals surface area (Å²) in [6.45, 7) is 0.624. The van der Waals surface area contributed by atoms with Gasteiger partial charge in [0, 0.05) is 42.2 Å². The third-order valence-electron chi connectivity index (χ3n) is 4.85. The first-order chi connectivity index (χ1) is 14.0. The summed E-state index contributed by atoms with van der Waals surface area (Å²) in [7, 11) is 1.49. The standard InChI is InChI=1S/C21H24N2O5S/c1-28-13-20(25)23-8-2-4-14-6-7-16(12-17(14)23)22-19(24)10-15(11-21(26)27)18-5-3-9-29-18/h3,5-7,9,12,15H,2,4,8,10-11,13H2,1H3,(H,22,24)(H,26,27)/t15-/m1/s1. The van der Waals surface area contributed by atoms with Crippen LogP contribution in [0.3, 0.4) is 0 Å². The van der Waals surface area contributed by atoms with Crippen LogP contribution >= 0.6 is 11.3 Å². The van der Waals surface area contributed by atoms with Crippen LogP contribution in [-0.2, 0) is 25.5 Å². The Bertz CT molecular complexity index is 881. The van der Waals surface area contributed by atoms with E-state index in [-0.39, 0.29) is 37.2 Å². The van der Waals surface area contributed by atoms with Crippen molar-refractivity contribution in [1.29, 1.82) is 0 Å². The minimum absolute atomic E-state index is 0.00765. The molecular formula is C21H24N2O5S. The van der Waals surface area contributed by atoms with Crippen molar-refractivity contribution in [1.82, 2.24) is 0 Å². The SMILES string of the molecule is COCC(=O)N1CCCc2ccc(NC(=O)C[C@H](CC(=O)O)c3cccs3)cc21. The van der Waals surface area contributed by atoms with Gasteiger partial charge in [0.25, 0.3) is 5.91 Å². The molecule has 8 heteroatoms. The van der Waals surface area contributed by atoms with Gasteiger partial charge in [0.1, 0.15) is 6.61 Å². The molecule has 2 N–H and O–H groups in total. The van der Waals surface area contributed by atoms with E-state index in [9.17, 15) is 14.4 Å². The minimum atomic E-state index is -0.933. The molecule has 0 bridgehead atoms. The fourth-order valence-corrected chi connectivity index (χ4v) is 4.39. The monoisotopic (exact) mass is 416 g/mol. The average Bonchev–Trinajstić information content (AvgIpc) is 3.21. The Hall–Kier alpha value is -2.71. The zero-order valence-electron chi connectivity index (χ0n) is 16.2. The van der Waals surface area contributed by atoms with Crippen LogP contribution in [0, 0.1) is 0 Å². The van der Waals surface area contributed by atoms with Gasteiger partial charge in [0.05, 0.1) is 6.42 Å². The van der Waals surface area contributed by atoms with Gasteiger partial charge < -0.3 is 20.1 Å². The molecule has 3 rings (SSSR count). The molecule has 0 aliphatic carbocycles. The van der Waals surface area contributed by atoms with Crippen molar-refractivity contribution >= 4 is 40.5 Å². The van der Waals surface area contributed by atoms with Crippen LogP contribution in [0.2, 0.25) is 0 Å². The first-order valence-corrected chi connectivity index (χ1v) is 10.3. The number of hydrogen-bond acceptors (Lipinski definition) is 5.